The Balaban J connectivity index is 1.35. The van der Waals surface area contributed by atoms with Gasteiger partial charge in [0, 0.05) is 10.6 Å². The normalized spacial score (nSPS) is 23.7. The van der Waals surface area contributed by atoms with Gasteiger partial charge >= 0.3 is 6.03 Å². The number of hydrogen-bond acceptors (Lipinski definition) is 4. The third kappa shape index (κ3) is 3.81. The molecule has 158 valence electrons. The zero-order valence-electron chi connectivity index (χ0n) is 16.7. The van der Waals surface area contributed by atoms with Crippen LogP contribution in [0.4, 0.5) is 4.79 Å². The lowest BCUT2D eigenvalue weighted by atomic mass is 9.73. The molecule has 30 heavy (non-hydrogen) atoms. The van der Waals surface area contributed by atoms with Gasteiger partial charge in [-0.2, -0.15) is 0 Å². The first-order valence-electron chi connectivity index (χ1n) is 10.1. The second kappa shape index (κ2) is 8.14. The number of carbonyl (C=O) groups is 3. The van der Waals surface area contributed by atoms with Crippen LogP contribution in [0, 0.1) is 5.92 Å². The van der Waals surface area contributed by atoms with Crippen molar-refractivity contribution < 1.29 is 18.8 Å². The standard InChI is InChI=1S/C22H24ClN3O4/c1-14-4-2-3-11-22(14)20(28)26(21(29)25-22)13-19(27)24-12-17-9-10-18(30-17)15-5-7-16(23)8-6-15/h5-10,14H,2-4,11-13H2,1H3,(H,24,27)(H,25,29). The van der Waals surface area contributed by atoms with Crippen LogP contribution in [0.5, 0.6) is 0 Å². The van der Waals surface area contributed by atoms with E-state index in [1.165, 1.54) is 0 Å². The fraction of sp³-hybridized carbons (Fsp3) is 0.409. The number of urea groups is 1. The van der Waals surface area contributed by atoms with Gasteiger partial charge in [-0.1, -0.05) is 31.4 Å². The number of nitrogens with zero attached hydrogens (tertiary/aromatic N) is 1. The first-order chi connectivity index (χ1) is 14.4. The van der Waals surface area contributed by atoms with Crippen LogP contribution in [0.15, 0.2) is 40.8 Å². The van der Waals surface area contributed by atoms with Gasteiger partial charge in [-0.15, -0.1) is 0 Å². The molecule has 2 aliphatic rings. The monoisotopic (exact) mass is 429 g/mol. The minimum absolute atomic E-state index is 0.0603. The average molecular weight is 430 g/mol. The zero-order chi connectivity index (χ0) is 21.3. The molecular weight excluding hydrogens is 406 g/mol. The molecule has 0 bridgehead atoms. The number of hydrogen-bond donors (Lipinski definition) is 2. The average Bonchev–Trinajstić information content (AvgIpc) is 3.29. The summed E-state index contributed by atoms with van der Waals surface area (Å²) in [5, 5.41) is 6.21. The van der Waals surface area contributed by atoms with Crippen LogP contribution < -0.4 is 10.6 Å². The van der Waals surface area contributed by atoms with E-state index in [0.29, 0.717) is 23.0 Å². The van der Waals surface area contributed by atoms with Crippen LogP contribution in [0.25, 0.3) is 11.3 Å². The fourth-order valence-electron chi connectivity index (χ4n) is 4.27. The third-order valence-corrected chi connectivity index (χ3v) is 6.31. The first-order valence-corrected chi connectivity index (χ1v) is 10.5. The lowest BCUT2D eigenvalue weighted by molar-refractivity contribution is -0.137. The quantitative estimate of drug-likeness (QED) is 0.708. The summed E-state index contributed by atoms with van der Waals surface area (Å²) in [4.78, 5) is 38.7. The van der Waals surface area contributed by atoms with Crippen LogP contribution in [0.1, 0.15) is 38.4 Å². The summed E-state index contributed by atoms with van der Waals surface area (Å²) in [7, 11) is 0. The van der Waals surface area contributed by atoms with Crippen molar-refractivity contribution in [1.82, 2.24) is 15.5 Å². The molecule has 2 fully saturated rings. The molecule has 4 amide bonds. The highest BCUT2D eigenvalue weighted by molar-refractivity contribution is 6.30. The molecule has 1 spiro atoms. The fourth-order valence-corrected chi connectivity index (χ4v) is 4.39. The van der Waals surface area contributed by atoms with Crippen molar-refractivity contribution in [2.24, 2.45) is 5.92 Å². The van der Waals surface area contributed by atoms with E-state index in [-0.39, 0.29) is 24.9 Å². The van der Waals surface area contributed by atoms with Gasteiger partial charge in [0.05, 0.1) is 6.54 Å². The third-order valence-electron chi connectivity index (χ3n) is 6.05. The van der Waals surface area contributed by atoms with Crippen LogP contribution in [-0.2, 0) is 16.1 Å². The number of furan rings is 1. The summed E-state index contributed by atoms with van der Waals surface area (Å²) in [6.45, 7) is 1.84. The van der Waals surface area contributed by atoms with E-state index in [9.17, 15) is 14.4 Å². The summed E-state index contributed by atoms with van der Waals surface area (Å²) >= 11 is 5.90. The predicted octanol–water partition coefficient (Wildman–Crippen LogP) is 3.72. The Bertz CT molecular complexity index is 971. The van der Waals surface area contributed by atoms with Crippen molar-refractivity contribution in [3.8, 4) is 11.3 Å². The van der Waals surface area contributed by atoms with Crippen LogP contribution >= 0.6 is 11.6 Å². The summed E-state index contributed by atoms with van der Waals surface area (Å²) in [5.41, 5.74) is 0.0209. The maximum absolute atomic E-state index is 12.9. The molecule has 4 rings (SSSR count). The Morgan fingerprint density at radius 3 is 2.73 bits per heavy atom. The zero-order valence-corrected chi connectivity index (χ0v) is 17.5. The first kappa shape index (κ1) is 20.5. The highest BCUT2D eigenvalue weighted by Crippen LogP contribution is 2.38. The number of benzene rings is 1. The molecular formula is C22H24ClN3O4. The van der Waals surface area contributed by atoms with Crippen molar-refractivity contribution in [3.05, 3.63) is 47.2 Å². The molecule has 2 N–H and O–H groups in total. The molecule has 2 unspecified atom stereocenters. The second-order valence-electron chi connectivity index (χ2n) is 7.99. The number of imide groups is 1. The van der Waals surface area contributed by atoms with Gasteiger partial charge in [0.1, 0.15) is 23.6 Å². The van der Waals surface area contributed by atoms with E-state index in [2.05, 4.69) is 10.6 Å². The number of halogens is 1. The van der Waals surface area contributed by atoms with Crippen LogP contribution in [0.2, 0.25) is 5.02 Å². The number of amides is 4. The molecule has 2 heterocycles. The topological polar surface area (TPSA) is 91.7 Å². The summed E-state index contributed by atoms with van der Waals surface area (Å²) in [6, 6.07) is 10.4. The molecule has 1 saturated heterocycles. The minimum atomic E-state index is -0.857. The Kier molecular flexibility index (Phi) is 5.56. The number of carbonyl (C=O) groups excluding carboxylic acids is 3. The van der Waals surface area contributed by atoms with Crippen molar-refractivity contribution in [1.29, 1.82) is 0 Å². The number of nitrogens with one attached hydrogen (secondary N) is 2. The lowest BCUT2D eigenvalue weighted by Crippen LogP contribution is -2.54. The Morgan fingerprint density at radius 1 is 1.23 bits per heavy atom. The molecule has 1 aliphatic carbocycles. The highest BCUT2D eigenvalue weighted by Gasteiger charge is 2.55. The predicted molar refractivity (Wildman–Crippen MR) is 112 cm³/mol. The number of rotatable bonds is 5. The van der Waals surface area contributed by atoms with Crippen molar-refractivity contribution in [2.45, 2.75) is 44.7 Å². The van der Waals surface area contributed by atoms with Gasteiger partial charge in [0.2, 0.25) is 5.91 Å². The van der Waals surface area contributed by atoms with Crippen LogP contribution in [-0.4, -0.2) is 34.8 Å². The van der Waals surface area contributed by atoms with E-state index in [1.54, 1.807) is 18.2 Å². The Hall–Kier alpha value is -2.80. The maximum atomic E-state index is 12.9. The van der Waals surface area contributed by atoms with E-state index >= 15 is 0 Å². The van der Waals surface area contributed by atoms with Crippen LogP contribution in [0.3, 0.4) is 0 Å². The van der Waals surface area contributed by atoms with Crippen molar-refractivity contribution in [2.75, 3.05) is 6.54 Å². The molecule has 7 nitrogen and oxygen atoms in total. The van der Waals surface area contributed by atoms with Gasteiger partial charge in [-0.25, -0.2) is 4.79 Å². The van der Waals surface area contributed by atoms with Gasteiger partial charge < -0.3 is 15.1 Å². The molecule has 0 radical (unpaired) electrons. The molecule has 8 heteroatoms. The molecule has 2 aromatic rings. The van der Waals surface area contributed by atoms with Crippen molar-refractivity contribution >= 4 is 29.4 Å². The van der Waals surface area contributed by atoms with E-state index in [1.807, 2.05) is 25.1 Å². The Labute approximate surface area is 179 Å². The highest BCUT2D eigenvalue weighted by atomic mass is 35.5. The molecule has 2 atom stereocenters. The SMILES string of the molecule is CC1CCCCC12NC(=O)N(CC(=O)NCc1ccc(-c3ccc(Cl)cc3)o1)C2=O. The smallest absolute Gasteiger partial charge is 0.325 e. The Morgan fingerprint density at radius 2 is 2.00 bits per heavy atom. The van der Waals surface area contributed by atoms with E-state index in [0.717, 1.165) is 29.7 Å². The van der Waals surface area contributed by atoms with Gasteiger partial charge in [-0.05, 0) is 55.2 Å². The lowest BCUT2D eigenvalue weighted by Gasteiger charge is -2.36. The van der Waals surface area contributed by atoms with Gasteiger partial charge in [0.25, 0.3) is 5.91 Å². The molecule has 1 saturated carbocycles. The van der Waals surface area contributed by atoms with Crippen molar-refractivity contribution in [3.63, 3.8) is 0 Å². The molecule has 1 aliphatic heterocycles. The molecule has 1 aromatic heterocycles. The largest absolute Gasteiger partial charge is 0.459 e. The van der Waals surface area contributed by atoms with Gasteiger partial charge in [0.15, 0.2) is 0 Å². The summed E-state index contributed by atoms with van der Waals surface area (Å²) in [6.07, 6.45) is 3.45. The van der Waals surface area contributed by atoms with E-state index < -0.39 is 17.5 Å². The summed E-state index contributed by atoms with van der Waals surface area (Å²) < 4.78 is 5.76. The van der Waals surface area contributed by atoms with E-state index in [4.69, 9.17) is 16.0 Å². The van der Waals surface area contributed by atoms with Gasteiger partial charge in [-0.3, -0.25) is 14.5 Å². The maximum Gasteiger partial charge on any atom is 0.325 e. The molecule has 1 aromatic carbocycles. The minimum Gasteiger partial charge on any atom is -0.459 e. The summed E-state index contributed by atoms with van der Waals surface area (Å²) in [5.74, 6) is 0.590. The second-order valence-corrected chi connectivity index (χ2v) is 8.43.